The Balaban J connectivity index is 1.71. The van der Waals surface area contributed by atoms with Crippen molar-refractivity contribution in [2.75, 3.05) is 26.0 Å². The number of carbonyl (C=O) groups excluding carboxylic acids is 1. The van der Waals surface area contributed by atoms with Crippen LogP contribution in [0.2, 0.25) is 0 Å². The van der Waals surface area contributed by atoms with Gasteiger partial charge in [-0.15, -0.1) is 0 Å². The zero-order valence-corrected chi connectivity index (χ0v) is 16.3. The lowest BCUT2D eigenvalue weighted by atomic mass is 10.0. The van der Waals surface area contributed by atoms with Gasteiger partial charge in [-0.05, 0) is 49.5 Å². The number of benzene rings is 3. The summed E-state index contributed by atoms with van der Waals surface area (Å²) >= 11 is 0. The molecule has 0 saturated heterocycles. The number of carbonyl (C=O) groups is 1. The minimum atomic E-state index is -1.02. The van der Waals surface area contributed by atoms with Crippen LogP contribution in [0.15, 0.2) is 66.7 Å². The highest BCUT2D eigenvalue weighted by Crippen LogP contribution is 2.27. The van der Waals surface area contributed by atoms with E-state index in [0.717, 1.165) is 28.8 Å². The van der Waals surface area contributed by atoms with Crippen LogP contribution in [0.3, 0.4) is 0 Å². The molecular formula is C23H22F2N2O2. The summed E-state index contributed by atoms with van der Waals surface area (Å²) in [5.74, 6) is -1.85. The van der Waals surface area contributed by atoms with E-state index in [1.54, 1.807) is 0 Å². The number of amides is 1. The Morgan fingerprint density at radius 2 is 1.69 bits per heavy atom. The Bertz CT molecular complexity index is 991. The Kier molecular flexibility index (Phi) is 6.57. The molecule has 0 saturated carbocycles. The second-order valence-corrected chi connectivity index (χ2v) is 6.89. The Hall–Kier alpha value is -3.25. The first-order chi connectivity index (χ1) is 13.9. The van der Waals surface area contributed by atoms with E-state index in [9.17, 15) is 13.6 Å². The predicted octanol–water partition coefficient (Wildman–Crippen LogP) is 4.71. The fraction of sp³-hybridized carbons (Fsp3) is 0.174. The number of anilines is 1. The quantitative estimate of drug-likeness (QED) is 0.629. The summed E-state index contributed by atoms with van der Waals surface area (Å²) in [5.41, 5.74) is 3.26. The van der Waals surface area contributed by atoms with Crippen molar-refractivity contribution >= 4 is 11.6 Å². The van der Waals surface area contributed by atoms with Gasteiger partial charge in [-0.25, -0.2) is 8.78 Å². The average molecular weight is 396 g/mol. The first-order valence-electron chi connectivity index (χ1n) is 9.13. The monoisotopic (exact) mass is 396 g/mol. The topological polar surface area (TPSA) is 41.6 Å². The first kappa shape index (κ1) is 20.5. The summed E-state index contributed by atoms with van der Waals surface area (Å²) in [6, 6.07) is 19.0. The van der Waals surface area contributed by atoms with Crippen LogP contribution in [0.1, 0.15) is 5.56 Å². The van der Waals surface area contributed by atoms with Gasteiger partial charge in [0.2, 0.25) is 0 Å². The molecule has 0 atom stereocenters. The molecule has 0 aliphatic heterocycles. The van der Waals surface area contributed by atoms with Crippen molar-refractivity contribution < 1.29 is 18.3 Å². The molecule has 1 N–H and O–H groups in total. The third-order valence-electron chi connectivity index (χ3n) is 4.22. The average Bonchev–Trinajstić information content (AvgIpc) is 2.70. The summed E-state index contributed by atoms with van der Waals surface area (Å²) in [5, 5.41) is 2.50. The minimum absolute atomic E-state index is 0.172. The molecule has 0 radical (unpaired) electrons. The third kappa shape index (κ3) is 5.62. The van der Waals surface area contributed by atoms with Crippen LogP contribution in [0.25, 0.3) is 11.1 Å². The smallest absolute Gasteiger partial charge is 0.262 e. The van der Waals surface area contributed by atoms with Gasteiger partial charge in [-0.1, -0.05) is 36.4 Å². The molecule has 0 unspecified atom stereocenters. The summed E-state index contributed by atoms with van der Waals surface area (Å²) in [6.45, 7) is 0.394. The summed E-state index contributed by atoms with van der Waals surface area (Å²) < 4.78 is 32.0. The molecule has 0 spiro atoms. The number of nitrogens with zero attached hydrogens (tertiary/aromatic N) is 1. The van der Waals surface area contributed by atoms with Gasteiger partial charge < -0.3 is 15.0 Å². The van der Waals surface area contributed by atoms with Crippen LogP contribution < -0.4 is 10.1 Å². The number of hydrogen-bond acceptors (Lipinski definition) is 3. The molecule has 0 aliphatic carbocycles. The zero-order valence-electron chi connectivity index (χ0n) is 16.3. The molecule has 1 amide bonds. The fourth-order valence-corrected chi connectivity index (χ4v) is 2.91. The van der Waals surface area contributed by atoms with Gasteiger partial charge >= 0.3 is 0 Å². The lowest BCUT2D eigenvalue weighted by Crippen LogP contribution is -2.21. The molecular weight excluding hydrogens is 374 g/mol. The van der Waals surface area contributed by atoms with Crippen molar-refractivity contribution in [3.63, 3.8) is 0 Å². The van der Waals surface area contributed by atoms with Crippen LogP contribution in [0, 0.1) is 11.6 Å². The molecule has 3 aromatic carbocycles. The van der Waals surface area contributed by atoms with Crippen molar-refractivity contribution in [2.24, 2.45) is 0 Å². The molecule has 6 heteroatoms. The lowest BCUT2D eigenvalue weighted by molar-refractivity contribution is -0.118. The molecule has 0 bridgehead atoms. The van der Waals surface area contributed by atoms with E-state index in [2.05, 4.69) is 5.32 Å². The highest BCUT2D eigenvalue weighted by Gasteiger charge is 2.11. The number of rotatable bonds is 7. The summed E-state index contributed by atoms with van der Waals surface area (Å²) in [4.78, 5) is 14.2. The van der Waals surface area contributed by atoms with Crippen molar-refractivity contribution in [1.82, 2.24) is 4.90 Å². The summed E-state index contributed by atoms with van der Waals surface area (Å²) in [6.07, 6.45) is 0. The van der Waals surface area contributed by atoms with Gasteiger partial charge in [0.25, 0.3) is 5.91 Å². The van der Waals surface area contributed by atoms with Gasteiger partial charge in [0, 0.05) is 23.9 Å². The van der Waals surface area contributed by atoms with E-state index in [1.165, 1.54) is 6.07 Å². The number of nitrogens with one attached hydrogen (secondary N) is 1. The Labute approximate surface area is 168 Å². The van der Waals surface area contributed by atoms with Crippen molar-refractivity contribution in [3.8, 4) is 16.9 Å². The molecule has 0 heterocycles. The van der Waals surface area contributed by atoms with Gasteiger partial charge in [0.1, 0.15) is 5.75 Å². The van der Waals surface area contributed by atoms with E-state index in [1.807, 2.05) is 67.5 Å². The van der Waals surface area contributed by atoms with Crippen molar-refractivity contribution in [2.45, 2.75) is 6.54 Å². The molecule has 4 nitrogen and oxygen atoms in total. The summed E-state index contributed by atoms with van der Waals surface area (Å²) in [7, 11) is 3.91. The zero-order chi connectivity index (χ0) is 20.8. The molecule has 3 rings (SSSR count). The van der Waals surface area contributed by atoms with Gasteiger partial charge in [0.05, 0.1) is 0 Å². The highest BCUT2D eigenvalue weighted by atomic mass is 19.2. The lowest BCUT2D eigenvalue weighted by Gasteiger charge is -2.16. The maximum absolute atomic E-state index is 13.3. The molecule has 150 valence electrons. The minimum Gasteiger partial charge on any atom is -0.483 e. The standard InChI is InChI=1S/C23H22F2N2O2/c1-27(2)14-18-12-17(16-6-4-3-5-7-16)8-11-22(18)29-15-23(28)26-19-9-10-20(24)21(25)13-19/h3-13H,14-15H2,1-2H3,(H,26,28). The van der Waals surface area contributed by atoms with Gasteiger partial charge in [-0.2, -0.15) is 0 Å². The van der Waals surface area contributed by atoms with Crippen LogP contribution in [-0.4, -0.2) is 31.5 Å². The highest BCUT2D eigenvalue weighted by molar-refractivity contribution is 5.91. The van der Waals surface area contributed by atoms with Gasteiger partial charge in [0.15, 0.2) is 18.2 Å². The van der Waals surface area contributed by atoms with Crippen LogP contribution >= 0.6 is 0 Å². The van der Waals surface area contributed by atoms with Crippen LogP contribution in [0.5, 0.6) is 5.75 Å². The third-order valence-corrected chi connectivity index (χ3v) is 4.22. The predicted molar refractivity (Wildman–Crippen MR) is 110 cm³/mol. The second-order valence-electron chi connectivity index (χ2n) is 6.89. The van der Waals surface area contributed by atoms with E-state index in [0.29, 0.717) is 12.3 Å². The number of hydrogen-bond donors (Lipinski definition) is 1. The van der Waals surface area contributed by atoms with Crippen molar-refractivity contribution in [1.29, 1.82) is 0 Å². The van der Waals surface area contributed by atoms with E-state index >= 15 is 0 Å². The number of ether oxygens (including phenoxy) is 1. The molecule has 0 aliphatic rings. The Morgan fingerprint density at radius 3 is 2.38 bits per heavy atom. The van der Waals surface area contributed by atoms with Gasteiger partial charge in [-0.3, -0.25) is 4.79 Å². The van der Waals surface area contributed by atoms with E-state index in [4.69, 9.17) is 4.74 Å². The van der Waals surface area contributed by atoms with E-state index < -0.39 is 17.5 Å². The molecule has 0 fully saturated rings. The first-order valence-corrected chi connectivity index (χ1v) is 9.13. The normalized spacial score (nSPS) is 10.8. The molecule has 3 aromatic rings. The van der Waals surface area contributed by atoms with E-state index in [-0.39, 0.29) is 12.3 Å². The Morgan fingerprint density at radius 1 is 0.931 bits per heavy atom. The largest absolute Gasteiger partial charge is 0.483 e. The molecule has 0 aromatic heterocycles. The number of halogens is 2. The van der Waals surface area contributed by atoms with Crippen LogP contribution in [-0.2, 0) is 11.3 Å². The van der Waals surface area contributed by atoms with Crippen LogP contribution in [0.4, 0.5) is 14.5 Å². The second kappa shape index (κ2) is 9.30. The van der Waals surface area contributed by atoms with Crippen molar-refractivity contribution in [3.05, 3.63) is 83.9 Å². The molecule has 29 heavy (non-hydrogen) atoms. The maximum atomic E-state index is 13.3. The fourth-order valence-electron chi connectivity index (χ4n) is 2.91. The maximum Gasteiger partial charge on any atom is 0.262 e. The SMILES string of the molecule is CN(C)Cc1cc(-c2ccccc2)ccc1OCC(=O)Nc1ccc(F)c(F)c1.